The number of anilines is 1. The van der Waals surface area contributed by atoms with E-state index >= 15 is 0 Å². The zero-order chi connectivity index (χ0) is 10.1. The van der Waals surface area contributed by atoms with Crippen molar-refractivity contribution in [3.8, 4) is 6.07 Å². The minimum Gasteiger partial charge on any atom is -0.374 e. The number of likely N-dealkylation sites (N-methyl/N-ethyl adjacent to an activating group) is 1. The Bertz CT molecular complexity index is 392. The van der Waals surface area contributed by atoms with Crippen molar-refractivity contribution < 1.29 is 0 Å². The average Bonchev–Trinajstić information content (AvgIpc) is 2.59. The Hall–Kier alpha value is -1.53. The van der Waals surface area contributed by atoms with Crippen LogP contribution < -0.4 is 10.6 Å². The molecule has 0 aliphatic carbocycles. The molecule has 1 atom stereocenters. The first-order valence-corrected chi connectivity index (χ1v) is 4.71. The first-order chi connectivity index (χ1) is 6.72. The summed E-state index contributed by atoms with van der Waals surface area (Å²) in [6, 6.07) is 7.59. The molecule has 0 radical (unpaired) electrons. The molecule has 0 spiro atoms. The Kier molecular flexibility index (Phi) is 2.14. The molecule has 0 amide bonds. The highest BCUT2D eigenvalue weighted by Gasteiger charge is 2.16. The number of hydrogen-bond donors (Lipinski definition) is 1. The van der Waals surface area contributed by atoms with Gasteiger partial charge in [0.15, 0.2) is 0 Å². The topological polar surface area (TPSA) is 53.0 Å². The molecule has 0 saturated heterocycles. The van der Waals surface area contributed by atoms with Crippen molar-refractivity contribution in [2.45, 2.75) is 12.5 Å². The van der Waals surface area contributed by atoms with Gasteiger partial charge in [-0.3, -0.25) is 0 Å². The van der Waals surface area contributed by atoms with E-state index in [1.54, 1.807) is 0 Å². The van der Waals surface area contributed by atoms with Crippen molar-refractivity contribution in [2.24, 2.45) is 5.73 Å². The van der Waals surface area contributed by atoms with Crippen molar-refractivity contribution in [3.05, 3.63) is 29.3 Å². The fourth-order valence-corrected chi connectivity index (χ4v) is 1.85. The third-order valence-electron chi connectivity index (χ3n) is 2.73. The number of nitrogens with zero attached hydrogens (tertiary/aromatic N) is 2. The SMILES string of the molecule is CN1CCc2cc(C(N)C#N)ccc21. The molecule has 3 heteroatoms. The minimum absolute atomic E-state index is 0.494. The summed E-state index contributed by atoms with van der Waals surface area (Å²) in [5, 5.41) is 8.70. The van der Waals surface area contributed by atoms with Crippen molar-refractivity contribution in [2.75, 3.05) is 18.5 Å². The predicted molar refractivity (Wildman–Crippen MR) is 56.0 cm³/mol. The number of rotatable bonds is 1. The second-order valence-electron chi connectivity index (χ2n) is 3.67. The molecule has 0 aromatic heterocycles. The first kappa shape index (κ1) is 9.04. The fourth-order valence-electron chi connectivity index (χ4n) is 1.85. The van der Waals surface area contributed by atoms with Gasteiger partial charge in [-0.25, -0.2) is 0 Å². The van der Waals surface area contributed by atoms with E-state index < -0.39 is 6.04 Å². The van der Waals surface area contributed by atoms with Gasteiger partial charge in [0, 0.05) is 19.3 Å². The molecular formula is C11H13N3. The van der Waals surface area contributed by atoms with E-state index in [2.05, 4.69) is 18.0 Å². The summed E-state index contributed by atoms with van der Waals surface area (Å²) in [5.41, 5.74) is 9.13. The Labute approximate surface area is 83.7 Å². The van der Waals surface area contributed by atoms with Gasteiger partial charge in [-0.1, -0.05) is 12.1 Å². The average molecular weight is 187 g/mol. The van der Waals surface area contributed by atoms with Crippen LogP contribution in [0.15, 0.2) is 18.2 Å². The molecule has 1 heterocycles. The molecule has 1 aromatic rings. The lowest BCUT2D eigenvalue weighted by atomic mass is 10.0. The number of benzene rings is 1. The number of fused-ring (bicyclic) bond motifs is 1. The maximum atomic E-state index is 8.70. The highest BCUT2D eigenvalue weighted by atomic mass is 15.1. The van der Waals surface area contributed by atoms with Gasteiger partial charge in [0.1, 0.15) is 6.04 Å². The number of hydrogen-bond acceptors (Lipinski definition) is 3. The lowest BCUT2D eigenvalue weighted by Gasteiger charge is -2.12. The molecule has 1 aromatic carbocycles. The van der Waals surface area contributed by atoms with Crippen LogP contribution in [0.1, 0.15) is 17.2 Å². The molecule has 1 aliphatic heterocycles. The maximum absolute atomic E-state index is 8.70. The molecular weight excluding hydrogens is 174 g/mol. The van der Waals surface area contributed by atoms with Crippen LogP contribution in [0.3, 0.4) is 0 Å². The van der Waals surface area contributed by atoms with E-state index in [0.29, 0.717) is 0 Å². The molecule has 2 rings (SSSR count). The van der Waals surface area contributed by atoms with Crippen molar-refractivity contribution in [3.63, 3.8) is 0 Å². The highest BCUT2D eigenvalue weighted by molar-refractivity contribution is 5.58. The summed E-state index contributed by atoms with van der Waals surface area (Å²) in [4.78, 5) is 2.22. The zero-order valence-electron chi connectivity index (χ0n) is 8.20. The van der Waals surface area contributed by atoms with Gasteiger partial charge in [0.25, 0.3) is 0 Å². The number of nitriles is 1. The molecule has 2 N–H and O–H groups in total. The van der Waals surface area contributed by atoms with Crippen LogP contribution in [0.4, 0.5) is 5.69 Å². The van der Waals surface area contributed by atoms with Crippen LogP contribution in [0.2, 0.25) is 0 Å². The third kappa shape index (κ3) is 1.34. The lowest BCUT2D eigenvalue weighted by molar-refractivity contribution is 0.921. The van der Waals surface area contributed by atoms with Gasteiger partial charge in [-0.2, -0.15) is 5.26 Å². The third-order valence-corrected chi connectivity index (χ3v) is 2.73. The maximum Gasteiger partial charge on any atom is 0.118 e. The van der Waals surface area contributed by atoms with Crippen LogP contribution in [0.5, 0.6) is 0 Å². The smallest absolute Gasteiger partial charge is 0.118 e. The van der Waals surface area contributed by atoms with Gasteiger partial charge in [-0.05, 0) is 23.6 Å². The summed E-state index contributed by atoms with van der Waals surface area (Å²) >= 11 is 0. The highest BCUT2D eigenvalue weighted by Crippen LogP contribution is 2.28. The largest absolute Gasteiger partial charge is 0.374 e. The standard InChI is InChI=1S/C11H13N3/c1-14-5-4-9-6-8(10(13)7-12)2-3-11(9)14/h2-3,6,10H,4-5,13H2,1H3. The summed E-state index contributed by atoms with van der Waals surface area (Å²) < 4.78 is 0. The Balaban J connectivity index is 2.38. The molecule has 3 nitrogen and oxygen atoms in total. The van der Waals surface area contributed by atoms with E-state index in [0.717, 1.165) is 18.5 Å². The second kappa shape index (κ2) is 3.32. The molecule has 0 saturated carbocycles. The molecule has 72 valence electrons. The second-order valence-corrected chi connectivity index (χ2v) is 3.67. The van der Waals surface area contributed by atoms with Crippen LogP contribution in [-0.2, 0) is 6.42 Å². The van der Waals surface area contributed by atoms with E-state index in [1.165, 1.54) is 11.3 Å². The van der Waals surface area contributed by atoms with Gasteiger partial charge in [0.05, 0.1) is 6.07 Å². The van der Waals surface area contributed by atoms with Gasteiger partial charge >= 0.3 is 0 Å². The number of nitrogens with two attached hydrogens (primary N) is 1. The minimum atomic E-state index is -0.494. The summed E-state index contributed by atoms with van der Waals surface area (Å²) in [6.45, 7) is 1.06. The Morgan fingerprint density at radius 2 is 2.36 bits per heavy atom. The molecule has 1 aliphatic rings. The molecule has 1 unspecified atom stereocenters. The lowest BCUT2D eigenvalue weighted by Crippen LogP contribution is -2.12. The van der Waals surface area contributed by atoms with Gasteiger partial charge in [-0.15, -0.1) is 0 Å². The van der Waals surface area contributed by atoms with Gasteiger partial charge < -0.3 is 10.6 Å². The molecule has 0 fully saturated rings. The van der Waals surface area contributed by atoms with Crippen molar-refractivity contribution in [1.29, 1.82) is 5.26 Å². The normalized spacial score (nSPS) is 16.2. The quantitative estimate of drug-likeness (QED) is 0.718. The van der Waals surface area contributed by atoms with E-state index in [9.17, 15) is 0 Å². The Morgan fingerprint density at radius 3 is 3.07 bits per heavy atom. The van der Waals surface area contributed by atoms with E-state index in [1.807, 2.05) is 18.2 Å². The van der Waals surface area contributed by atoms with Crippen LogP contribution in [-0.4, -0.2) is 13.6 Å². The first-order valence-electron chi connectivity index (χ1n) is 4.71. The summed E-state index contributed by atoms with van der Waals surface area (Å²) in [5.74, 6) is 0. The van der Waals surface area contributed by atoms with Crippen molar-refractivity contribution in [1.82, 2.24) is 0 Å². The molecule has 14 heavy (non-hydrogen) atoms. The van der Waals surface area contributed by atoms with Crippen molar-refractivity contribution >= 4 is 5.69 Å². The summed E-state index contributed by atoms with van der Waals surface area (Å²) in [7, 11) is 2.08. The zero-order valence-corrected chi connectivity index (χ0v) is 8.20. The van der Waals surface area contributed by atoms with E-state index in [4.69, 9.17) is 11.0 Å². The van der Waals surface area contributed by atoms with Gasteiger partial charge in [0.2, 0.25) is 0 Å². The van der Waals surface area contributed by atoms with Crippen LogP contribution in [0, 0.1) is 11.3 Å². The molecule has 0 bridgehead atoms. The monoisotopic (exact) mass is 187 g/mol. The summed E-state index contributed by atoms with van der Waals surface area (Å²) in [6.07, 6.45) is 1.05. The fraction of sp³-hybridized carbons (Fsp3) is 0.364. The van der Waals surface area contributed by atoms with E-state index in [-0.39, 0.29) is 0 Å². The van der Waals surface area contributed by atoms with Crippen LogP contribution in [0.25, 0.3) is 0 Å². The Morgan fingerprint density at radius 1 is 1.57 bits per heavy atom. The van der Waals surface area contributed by atoms with Crippen LogP contribution >= 0.6 is 0 Å². The predicted octanol–water partition coefficient (Wildman–Crippen LogP) is 1.20.